The highest BCUT2D eigenvalue weighted by Crippen LogP contribution is 2.04. The zero-order chi connectivity index (χ0) is 17.9. The lowest BCUT2D eigenvalue weighted by Gasteiger charge is -2.23. The number of aliphatic imine (C=N–C) groups is 1. The van der Waals surface area contributed by atoms with Gasteiger partial charge in [0.15, 0.2) is 5.96 Å². The first kappa shape index (κ1) is 22.1. The monoisotopic (exact) mass is 350 g/mol. The number of ether oxygens (including phenoxy) is 1. The van der Waals surface area contributed by atoms with Crippen LogP contribution in [0.25, 0.3) is 0 Å². The first-order valence-electron chi connectivity index (χ1n) is 8.14. The average Bonchev–Trinajstić information content (AvgIpc) is 2.36. The number of hydrogen-bond acceptors (Lipinski definition) is 4. The largest absolute Gasteiger partial charge is 0.380 e. The van der Waals surface area contributed by atoms with E-state index in [1.165, 1.54) is 0 Å². The van der Waals surface area contributed by atoms with Gasteiger partial charge in [0.2, 0.25) is 10.0 Å². The number of rotatable bonds is 11. The number of nitrogens with one attached hydrogen (secondary N) is 3. The summed E-state index contributed by atoms with van der Waals surface area (Å²) in [4.78, 5) is 4.43. The van der Waals surface area contributed by atoms with E-state index in [4.69, 9.17) is 4.74 Å². The second kappa shape index (κ2) is 10.8. The van der Waals surface area contributed by atoms with Crippen LogP contribution in [-0.4, -0.2) is 59.0 Å². The van der Waals surface area contributed by atoms with Crippen LogP contribution in [-0.2, 0) is 14.8 Å². The molecule has 0 spiro atoms. The van der Waals surface area contributed by atoms with Crippen molar-refractivity contribution in [1.82, 2.24) is 15.4 Å². The van der Waals surface area contributed by atoms with E-state index in [1.807, 2.05) is 6.92 Å². The fraction of sp³-hybridized carbons (Fsp3) is 0.933. The van der Waals surface area contributed by atoms with Gasteiger partial charge in [-0.2, -0.15) is 0 Å². The Balaban J connectivity index is 4.27. The van der Waals surface area contributed by atoms with E-state index in [2.05, 4.69) is 34.2 Å². The predicted octanol–water partition coefficient (Wildman–Crippen LogP) is 0.932. The van der Waals surface area contributed by atoms with Crippen molar-refractivity contribution in [3.05, 3.63) is 0 Å². The van der Waals surface area contributed by atoms with Crippen LogP contribution < -0.4 is 15.4 Å². The first-order valence-corrected chi connectivity index (χ1v) is 10.0. The quantitative estimate of drug-likeness (QED) is 0.293. The molecule has 0 unspecified atom stereocenters. The Morgan fingerprint density at radius 2 is 1.87 bits per heavy atom. The normalized spacial score (nSPS) is 13.4. The minimum Gasteiger partial charge on any atom is -0.380 e. The molecule has 0 aliphatic carbocycles. The van der Waals surface area contributed by atoms with Crippen LogP contribution in [0.15, 0.2) is 4.99 Å². The summed E-state index contributed by atoms with van der Waals surface area (Å²) in [6, 6.07) is 0. The van der Waals surface area contributed by atoms with Gasteiger partial charge in [0, 0.05) is 25.2 Å². The summed E-state index contributed by atoms with van der Waals surface area (Å²) >= 11 is 0. The van der Waals surface area contributed by atoms with Gasteiger partial charge in [-0.15, -0.1) is 0 Å². The van der Waals surface area contributed by atoms with Crippen molar-refractivity contribution in [2.75, 3.05) is 39.1 Å². The third-order valence-corrected chi connectivity index (χ3v) is 3.74. The SMILES string of the molecule is CCNC(=NCC(C)(C)NS(C)(=O)=O)NCCOCCC(C)C. The summed E-state index contributed by atoms with van der Waals surface area (Å²) in [6.07, 6.45) is 2.20. The lowest BCUT2D eigenvalue weighted by atomic mass is 10.1. The standard InChI is InChI=1S/C15H34N4O3S/c1-7-16-14(17-9-11-22-10-8-13(2)3)18-12-15(4,5)19-23(6,20)21/h13,19H,7-12H2,1-6H3,(H2,16,17,18). The Kier molecular flexibility index (Phi) is 10.4. The summed E-state index contributed by atoms with van der Waals surface area (Å²) < 4.78 is 30.8. The van der Waals surface area contributed by atoms with E-state index in [0.29, 0.717) is 31.6 Å². The average molecular weight is 351 g/mol. The maximum Gasteiger partial charge on any atom is 0.209 e. The second-order valence-corrected chi connectivity index (χ2v) is 8.42. The molecule has 7 nitrogen and oxygen atoms in total. The topological polar surface area (TPSA) is 91.8 Å². The molecule has 0 aliphatic rings. The van der Waals surface area contributed by atoms with E-state index < -0.39 is 15.6 Å². The van der Waals surface area contributed by atoms with Gasteiger partial charge in [0.1, 0.15) is 0 Å². The van der Waals surface area contributed by atoms with Crippen LogP contribution >= 0.6 is 0 Å². The molecule has 0 aromatic rings. The van der Waals surface area contributed by atoms with E-state index >= 15 is 0 Å². The molecule has 3 N–H and O–H groups in total. The molecule has 0 saturated carbocycles. The number of nitrogens with zero attached hydrogens (tertiary/aromatic N) is 1. The number of sulfonamides is 1. The molecule has 0 radical (unpaired) electrons. The highest BCUT2D eigenvalue weighted by molar-refractivity contribution is 7.88. The lowest BCUT2D eigenvalue weighted by Crippen LogP contribution is -2.47. The van der Waals surface area contributed by atoms with Gasteiger partial charge in [0.25, 0.3) is 0 Å². The third kappa shape index (κ3) is 14.5. The van der Waals surface area contributed by atoms with Crippen LogP contribution in [0.5, 0.6) is 0 Å². The Bertz CT molecular complexity index is 448. The molecule has 0 bridgehead atoms. The summed E-state index contributed by atoms with van der Waals surface area (Å²) in [6.45, 7) is 13.0. The smallest absolute Gasteiger partial charge is 0.209 e. The Morgan fingerprint density at radius 1 is 1.22 bits per heavy atom. The fourth-order valence-electron chi connectivity index (χ4n) is 1.82. The molecule has 0 aromatic heterocycles. The molecule has 0 heterocycles. The van der Waals surface area contributed by atoms with Crippen molar-refractivity contribution in [2.45, 2.75) is 46.6 Å². The molecule has 0 fully saturated rings. The molecule has 138 valence electrons. The van der Waals surface area contributed by atoms with Crippen molar-refractivity contribution in [3.8, 4) is 0 Å². The van der Waals surface area contributed by atoms with Crippen LogP contribution in [0.2, 0.25) is 0 Å². The van der Waals surface area contributed by atoms with Gasteiger partial charge in [-0.3, -0.25) is 4.99 Å². The third-order valence-electron chi connectivity index (χ3n) is 2.82. The zero-order valence-corrected chi connectivity index (χ0v) is 16.2. The predicted molar refractivity (Wildman–Crippen MR) is 96.3 cm³/mol. The van der Waals surface area contributed by atoms with Crippen molar-refractivity contribution < 1.29 is 13.2 Å². The Labute approximate surface area is 141 Å². The molecular weight excluding hydrogens is 316 g/mol. The van der Waals surface area contributed by atoms with Gasteiger partial charge in [-0.05, 0) is 33.1 Å². The van der Waals surface area contributed by atoms with Crippen LogP contribution in [0, 0.1) is 5.92 Å². The van der Waals surface area contributed by atoms with Gasteiger partial charge in [0.05, 0.1) is 19.4 Å². The van der Waals surface area contributed by atoms with E-state index in [9.17, 15) is 8.42 Å². The summed E-state index contributed by atoms with van der Waals surface area (Å²) in [7, 11) is -3.26. The maximum atomic E-state index is 11.3. The zero-order valence-electron chi connectivity index (χ0n) is 15.4. The van der Waals surface area contributed by atoms with Gasteiger partial charge >= 0.3 is 0 Å². The molecule has 8 heteroatoms. The first-order chi connectivity index (χ1) is 10.6. The summed E-state index contributed by atoms with van der Waals surface area (Å²) in [5, 5.41) is 6.31. The lowest BCUT2D eigenvalue weighted by molar-refractivity contribution is 0.128. The minimum absolute atomic E-state index is 0.337. The van der Waals surface area contributed by atoms with Crippen molar-refractivity contribution in [2.24, 2.45) is 10.9 Å². The molecule has 23 heavy (non-hydrogen) atoms. The summed E-state index contributed by atoms with van der Waals surface area (Å²) in [5.41, 5.74) is -0.635. The molecule has 0 amide bonds. The highest BCUT2D eigenvalue weighted by atomic mass is 32.2. The molecule has 0 aliphatic heterocycles. The number of hydrogen-bond donors (Lipinski definition) is 3. The molecule has 0 atom stereocenters. The molecular formula is C15H34N4O3S. The van der Waals surface area contributed by atoms with Gasteiger partial charge in [-0.1, -0.05) is 13.8 Å². The highest BCUT2D eigenvalue weighted by Gasteiger charge is 2.21. The van der Waals surface area contributed by atoms with Crippen LogP contribution in [0.4, 0.5) is 0 Å². The van der Waals surface area contributed by atoms with Crippen molar-refractivity contribution >= 4 is 16.0 Å². The van der Waals surface area contributed by atoms with Crippen LogP contribution in [0.3, 0.4) is 0 Å². The summed E-state index contributed by atoms with van der Waals surface area (Å²) in [5.74, 6) is 1.30. The molecule has 0 saturated heterocycles. The van der Waals surface area contributed by atoms with Crippen molar-refractivity contribution in [3.63, 3.8) is 0 Å². The fourth-order valence-corrected chi connectivity index (χ4v) is 2.88. The Hall–Kier alpha value is -0.860. The van der Waals surface area contributed by atoms with Crippen LogP contribution in [0.1, 0.15) is 41.0 Å². The number of guanidine groups is 1. The maximum absolute atomic E-state index is 11.3. The van der Waals surface area contributed by atoms with Gasteiger partial charge in [-0.25, -0.2) is 13.1 Å². The molecule has 0 rings (SSSR count). The van der Waals surface area contributed by atoms with E-state index in [-0.39, 0.29) is 0 Å². The van der Waals surface area contributed by atoms with Gasteiger partial charge < -0.3 is 15.4 Å². The second-order valence-electron chi connectivity index (χ2n) is 6.67. The van der Waals surface area contributed by atoms with E-state index in [1.54, 1.807) is 13.8 Å². The Morgan fingerprint density at radius 3 is 2.39 bits per heavy atom. The van der Waals surface area contributed by atoms with E-state index in [0.717, 1.165) is 25.8 Å². The molecule has 0 aromatic carbocycles. The minimum atomic E-state index is -3.26. The van der Waals surface area contributed by atoms with Crippen molar-refractivity contribution in [1.29, 1.82) is 0 Å².